The van der Waals surface area contributed by atoms with Gasteiger partial charge in [-0.2, -0.15) is 0 Å². The second-order valence-electron chi connectivity index (χ2n) is 4.47. The van der Waals surface area contributed by atoms with Crippen molar-refractivity contribution in [3.63, 3.8) is 0 Å². The van der Waals surface area contributed by atoms with E-state index < -0.39 is 0 Å². The van der Waals surface area contributed by atoms with Crippen LogP contribution >= 0.6 is 0 Å². The molecule has 0 radical (unpaired) electrons. The Bertz CT molecular complexity index is 258. The van der Waals surface area contributed by atoms with Crippen molar-refractivity contribution in [3.05, 3.63) is 0 Å². The molecule has 72 valence electrons. The maximum atomic E-state index is 5.68. The third-order valence-electron chi connectivity index (χ3n) is 3.65. The molecule has 3 fully saturated rings. The average molecular weight is 181 g/mol. The van der Waals surface area contributed by atoms with E-state index in [2.05, 4.69) is 10.1 Å². The first-order valence-electron chi connectivity index (χ1n) is 5.01. The van der Waals surface area contributed by atoms with Gasteiger partial charge in [0.2, 0.25) is 0 Å². The van der Waals surface area contributed by atoms with Crippen LogP contribution in [0.3, 0.4) is 0 Å². The molecule has 0 aromatic heterocycles. The molecule has 3 saturated heterocycles. The molecule has 0 saturated carbocycles. The van der Waals surface area contributed by atoms with Crippen LogP contribution in [0.15, 0.2) is 5.16 Å². The fraction of sp³-hybridized carbons (Fsp3) is 0.889. The minimum Gasteiger partial charge on any atom is -0.386 e. The minimum absolute atomic E-state index is 0.0411. The number of rotatable bonds is 0. The van der Waals surface area contributed by atoms with Crippen LogP contribution in [0.2, 0.25) is 0 Å². The Hall–Kier alpha value is -0.770. The van der Waals surface area contributed by atoms with Gasteiger partial charge in [-0.3, -0.25) is 4.90 Å². The molecule has 4 rings (SSSR count). The standard InChI is InChI=1S/C9H15N3O/c10-8-5-9(13-11-8)6-12-3-1-7(9)2-4-12/h7H,1-6H2,(H2,10,11). The quantitative estimate of drug-likeness (QED) is 0.578. The van der Waals surface area contributed by atoms with Crippen LogP contribution in [0.25, 0.3) is 0 Å². The topological polar surface area (TPSA) is 50.9 Å². The van der Waals surface area contributed by atoms with Gasteiger partial charge in [0.25, 0.3) is 0 Å². The lowest BCUT2D eigenvalue weighted by Crippen LogP contribution is -2.59. The molecule has 4 nitrogen and oxygen atoms in total. The molecule has 13 heavy (non-hydrogen) atoms. The van der Waals surface area contributed by atoms with Crippen molar-refractivity contribution >= 4 is 5.84 Å². The first kappa shape index (κ1) is 7.62. The molecule has 4 aliphatic rings. The minimum atomic E-state index is -0.0411. The molecule has 0 aromatic rings. The number of nitrogens with two attached hydrogens (primary N) is 1. The van der Waals surface area contributed by atoms with Gasteiger partial charge in [0, 0.05) is 12.5 Å². The van der Waals surface area contributed by atoms with Gasteiger partial charge >= 0.3 is 0 Å². The van der Waals surface area contributed by atoms with E-state index in [-0.39, 0.29) is 5.60 Å². The van der Waals surface area contributed by atoms with Crippen molar-refractivity contribution in [1.29, 1.82) is 0 Å². The van der Waals surface area contributed by atoms with Gasteiger partial charge in [0.05, 0.1) is 6.42 Å². The lowest BCUT2D eigenvalue weighted by Gasteiger charge is -2.49. The number of nitrogens with zero attached hydrogens (tertiary/aromatic N) is 2. The van der Waals surface area contributed by atoms with Crippen LogP contribution in [-0.4, -0.2) is 36.0 Å². The van der Waals surface area contributed by atoms with Gasteiger partial charge in [0.15, 0.2) is 5.60 Å². The number of hydrogen-bond donors (Lipinski definition) is 1. The first-order chi connectivity index (χ1) is 6.28. The average Bonchev–Trinajstić information content (AvgIpc) is 2.49. The summed E-state index contributed by atoms with van der Waals surface area (Å²) < 4.78 is 0. The van der Waals surface area contributed by atoms with Crippen LogP contribution in [0.1, 0.15) is 19.3 Å². The summed E-state index contributed by atoms with van der Waals surface area (Å²) in [6, 6.07) is 0. The maximum Gasteiger partial charge on any atom is 0.160 e. The molecule has 0 amide bonds. The Labute approximate surface area is 77.7 Å². The van der Waals surface area contributed by atoms with Gasteiger partial charge in [-0.1, -0.05) is 5.16 Å². The molecule has 2 N–H and O–H groups in total. The number of fused-ring (bicyclic) bond motifs is 2. The summed E-state index contributed by atoms with van der Waals surface area (Å²) >= 11 is 0. The number of hydrogen-bond acceptors (Lipinski definition) is 4. The second-order valence-corrected chi connectivity index (χ2v) is 4.47. The van der Waals surface area contributed by atoms with Crippen LogP contribution in [0.4, 0.5) is 0 Å². The van der Waals surface area contributed by atoms with Crippen LogP contribution in [0.5, 0.6) is 0 Å². The molecule has 1 spiro atoms. The highest BCUT2D eigenvalue weighted by Gasteiger charge is 2.51. The van der Waals surface area contributed by atoms with Gasteiger partial charge in [-0.25, -0.2) is 0 Å². The maximum absolute atomic E-state index is 5.68. The molecule has 4 aliphatic heterocycles. The van der Waals surface area contributed by atoms with Crippen molar-refractivity contribution in [3.8, 4) is 0 Å². The van der Waals surface area contributed by atoms with Crippen molar-refractivity contribution in [2.45, 2.75) is 24.9 Å². The zero-order chi connectivity index (χ0) is 8.89. The molecule has 2 bridgehead atoms. The Kier molecular flexibility index (Phi) is 1.39. The molecular formula is C9H15N3O. The van der Waals surface area contributed by atoms with Crippen molar-refractivity contribution in [2.24, 2.45) is 16.8 Å². The fourth-order valence-corrected chi connectivity index (χ4v) is 2.95. The molecule has 4 heterocycles. The second kappa shape index (κ2) is 2.38. The lowest BCUT2D eigenvalue weighted by atomic mass is 9.74. The summed E-state index contributed by atoms with van der Waals surface area (Å²) in [6.07, 6.45) is 3.35. The van der Waals surface area contributed by atoms with Crippen LogP contribution < -0.4 is 5.73 Å². The zero-order valence-electron chi connectivity index (χ0n) is 7.70. The predicted octanol–water partition coefficient (Wildman–Crippen LogP) is 0.143. The van der Waals surface area contributed by atoms with Crippen molar-refractivity contribution in [2.75, 3.05) is 19.6 Å². The third kappa shape index (κ3) is 0.981. The van der Waals surface area contributed by atoms with E-state index in [4.69, 9.17) is 10.6 Å². The Morgan fingerprint density at radius 1 is 1.46 bits per heavy atom. The van der Waals surface area contributed by atoms with Gasteiger partial charge < -0.3 is 10.6 Å². The molecule has 4 heteroatoms. The first-order valence-corrected chi connectivity index (χ1v) is 5.01. The van der Waals surface area contributed by atoms with Gasteiger partial charge in [-0.15, -0.1) is 0 Å². The summed E-state index contributed by atoms with van der Waals surface area (Å²) in [5, 5.41) is 3.90. The highest BCUT2D eigenvalue weighted by atomic mass is 16.7. The van der Waals surface area contributed by atoms with Crippen LogP contribution in [-0.2, 0) is 4.84 Å². The van der Waals surface area contributed by atoms with E-state index in [1.807, 2.05) is 0 Å². The molecule has 1 atom stereocenters. The highest BCUT2D eigenvalue weighted by Crippen LogP contribution is 2.42. The largest absolute Gasteiger partial charge is 0.386 e. The monoisotopic (exact) mass is 181 g/mol. The molecular weight excluding hydrogens is 166 g/mol. The van der Waals surface area contributed by atoms with E-state index >= 15 is 0 Å². The third-order valence-corrected chi connectivity index (χ3v) is 3.65. The number of oxime groups is 1. The molecule has 0 aliphatic carbocycles. The SMILES string of the molecule is NC1=NOC2(C1)CN1CCC2CC1. The van der Waals surface area contributed by atoms with Crippen molar-refractivity contribution < 1.29 is 4.84 Å². The Balaban J connectivity index is 1.85. The van der Waals surface area contributed by atoms with E-state index in [0.717, 1.165) is 13.0 Å². The highest BCUT2D eigenvalue weighted by molar-refractivity contribution is 5.82. The summed E-state index contributed by atoms with van der Waals surface area (Å²) in [5.74, 6) is 1.36. The lowest BCUT2D eigenvalue weighted by molar-refractivity contribution is -0.136. The smallest absolute Gasteiger partial charge is 0.160 e. The molecule has 1 unspecified atom stereocenters. The zero-order valence-corrected chi connectivity index (χ0v) is 7.70. The summed E-state index contributed by atoms with van der Waals surface area (Å²) in [7, 11) is 0. The Morgan fingerprint density at radius 2 is 2.23 bits per heavy atom. The normalized spacial score (nSPS) is 47.8. The van der Waals surface area contributed by atoms with Gasteiger partial charge in [-0.05, 0) is 25.9 Å². The predicted molar refractivity (Wildman–Crippen MR) is 49.2 cm³/mol. The van der Waals surface area contributed by atoms with Gasteiger partial charge in [0.1, 0.15) is 5.84 Å². The van der Waals surface area contributed by atoms with E-state index in [9.17, 15) is 0 Å². The number of amidine groups is 1. The summed E-state index contributed by atoms with van der Waals surface area (Å²) in [4.78, 5) is 8.02. The molecule has 0 aromatic carbocycles. The summed E-state index contributed by atoms with van der Waals surface area (Å²) in [5.41, 5.74) is 5.64. The van der Waals surface area contributed by atoms with E-state index in [1.54, 1.807) is 0 Å². The van der Waals surface area contributed by atoms with Crippen molar-refractivity contribution in [1.82, 2.24) is 4.90 Å². The summed E-state index contributed by atoms with van der Waals surface area (Å²) in [6.45, 7) is 3.49. The van der Waals surface area contributed by atoms with Crippen LogP contribution in [0, 0.1) is 5.92 Å². The fourth-order valence-electron chi connectivity index (χ4n) is 2.95. The number of piperidine rings is 3. The Morgan fingerprint density at radius 3 is 2.69 bits per heavy atom. The van der Waals surface area contributed by atoms with E-state index in [1.165, 1.54) is 25.9 Å². The van der Waals surface area contributed by atoms with E-state index in [0.29, 0.717) is 11.8 Å².